The Hall–Kier alpha value is -1.42. The monoisotopic (exact) mass is 410 g/mol. The molecule has 0 aliphatic heterocycles. The van der Waals surface area contributed by atoms with Gasteiger partial charge >= 0.3 is 0 Å². The van der Waals surface area contributed by atoms with Gasteiger partial charge in [-0.1, -0.05) is 35.2 Å². The Morgan fingerprint density at radius 3 is 2.84 bits per heavy atom. The summed E-state index contributed by atoms with van der Waals surface area (Å²) >= 11 is 6.31. The molecule has 9 heteroatoms. The van der Waals surface area contributed by atoms with Crippen LogP contribution in [0.2, 0.25) is 0 Å². The van der Waals surface area contributed by atoms with E-state index in [1.807, 2.05) is 24.4 Å². The van der Waals surface area contributed by atoms with E-state index in [2.05, 4.69) is 38.3 Å². The molecule has 5 nitrogen and oxygen atoms in total. The van der Waals surface area contributed by atoms with E-state index < -0.39 is 0 Å². The van der Waals surface area contributed by atoms with Crippen LogP contribution in [0.3, 0.4) is 0 Å². The zero-order valence-electron chi connectivity index (χ0n) is 13.6. The number of hydrogen-bond donors (Lipinski definition) is 2. The summed E-state index contributed by atoms with van der Waals surface area (Å²) in [6.45, 7) is 2.83. The van der Waals surface area contributed by atoms with Crippen molar-refractivity contribution < 1.29 is 4.79 Å². The molecule has 0 fully saturated rings. The summed E-state index contributed by atoms with van der Waals surface area (Å²) in [5.74, 6) is 0.354. The number of nitrogens with zero attached hydrogens (tertiary/aromatic N) is 2. The van der Waals surface area contributed by atoms with E-state index in [1.165, 1.54) is 28.0 Å². The van der Waals surface area contributed by atoms with Crippen molar-refractivity contribution >= 4 is 56.8 Å². The van der Waals surface area contributed by atoms with Crippen LogP contribution in [0.4, 0.5) is 5.13 Å². The van der Waals surface area contributed by atoms with E-state index in [0.29, 0.717) is 5.75 Å². The topological polar surface area (TPSA) is 66.9 Å². The molecule has 0 aliphatic rings. The summed E-state index contributed by atoms with van der Waals surface area (Å²) in [6, 6.07) is 8.25. The average Bonchev–Trinajstić information content (AvgIpc) is 3.35. The van der Waals surface area contributed by atoms with Gasteiger partial charge in [0.2, 0.25) is 11.0 Å². The van der Waals surface area contributed by atoms with Gasteiger partial charge in [0.15, 0.2) is 4.34 Å². The molecule has 1 amide bonds. The van der Waals surface area contributed by atoms with Crippen LogP contribution in [-0.2, 0) is 11.2 Å². The quantitative estimate of drug-likeness (QED) is 0.515. The van der Waals surface area contributed by atoms with Crippen molar-refractivity contribution in [1.29, 1.82) is 0 Å². The first kappa shape index (κ1) is 18.4. The normalized spacial score (nSPS) is 12.0. The lowest BCUT2D eigenvalue weighted by molar-refractivity contribution is -0.119. The summed E-state index contributed by atoms with van der Waals surface area (Å²) < 4.78 is 0.803. The second kappa shape index (κ2) is 9.33. The number of anilines is 1. The Kier molecular flexibility index (Phi) is 6.85. The fourth-order valence-electron chi connectivity index (χ4n) is 2.11. The van der Waals surface area contributed by atoms with Gasteiger partial charge in [0, 0.05) is 16.3 Å². The first-order valence-electron chi connectivity index (χ1n) is 7.76. The molecule has 0 aromatic carbocycles. The molecule has 1 unspecified atom stereocenters. The van der Waals surface area contributed by atoms with E-state index in [-0.39, 0.29) is 11.9 Å². The molecule has 0 spiro atoms. The second-order valence-corrected chi connectivity index (χ2v) is 9.43. The van der Waals surface area contributed by atoms with Gasteiger partial charge in [0.25, 0.3) is 0 Å². The molecule has 3 aromatic heterocycles. The number of carbonyl (C=O) groups excluding carboxylic acids is 1. The van der Waals surface area contributed by atoms with Gasteiger partial charge in [0.1, 0.15) is 0 Å². The highest BCUT2D eigenvalue weighted by Gasteiger charge is 2.12. The zero-order chi connectivity index (χ0) is 17.5. The Labute approximate surface area is 162 Å². The molecule has 0 saturated carbocycles. The predicted molar refractivity (Wildman–Crippen MR) is 108 cm³/mol. The largest absolute Gasteiger partial charge is 0.360 e. The van der Waals surface area contributed by atoms with Crippen LogP contribution in [0.5, 0.6) is 0 Å². The molecule has 3 rings (SSSR count). The second-order valence-electron chi connectivity index (χ2n) is 5.22. The van der Waals surface area contributed by atoms with Crippen LogP contribution in [0, 0.1) is 0 Å². The minimum Gasteiger partial charge on any atom is -0.360 e. The highest BCUT2D eigenvalue weighted by Crippen LogP contribution is 2.26. The van der Waals surface area contributed by atoms with Crippen molar-refractivity contribution in [1.82, 2.24) is 15.5 Å². The van der Waals surface area contributed by atoms with Crippen molar-refractivity contribution in [2.24, 2.45) is 0 Å². The standard InChI is InChI=1S/C16H18N4OS4/c1-11(13-5-3-9-23-13)18-14(21)10-24-16-20-19-15(25-16)17-7-6-12-4-2-8-22-12/h2-5,8-9,11H,6-7,10H2,1H3,(H,17,19)(H,18,21). The Morgan fingerprint density at radius 1 is 1.24 bits per heavy atom. The van der Waals surface area contributed by atoms with Crippen molar-refractivity contribution in [3.63, 3.8) is 0 Å². The van der Waals surface area contributed by atoms with E-state index in [1.54, 1.807) is 22.7 Å². The third kappa shape index (κ3) is 5.81. The van der Waals surface area contributed by atoms with Gasteiger partial charge in [-0.3, -0.25) is 4.79 Å². The average molecular weight is 411 g/mol. The molecule has 0 aliphatic carbocycles. The van der Waals surface area contributed by atoms with Crippen LogP contribution in [0.15, 0.2) is 39.4 Å². The van der Waals surface area contributed by atoms with Gasteiger partial charge < -0.3 is 10.6 Å². The maximum atomic E-state index is 12.0. The van der Waals surface area contributed by atoms with Crippen molar-refractivity contribution in [3.8, 4) is 0 Å². The maximum absolute atomic E-state index is 12.0. The lowest BCUT2D eigenvalue weighted by Gasteiger charge is -2.11. The van der Waals surface area contributed by atoms with Gasteiger partial charge in [-0.05, 0) is 36.2 Å². The van der Waals surface area contributed by atoms with Gasteiger partial charge in [-0.2, -0.15) is 0 Å². The summed E-state index contributed by atoms with van der Waals surface area (Å²) in [5, 5.41) is 19.4. The molecule has 0 bridgehead atoms. The first-order valence-corrected chi connectivity index (χ1v) is 11.3. The molecule has 0 radical (unpaired) electrons. The van der Waals surface area contributed by atoms with E-state index >= 15 is 0 Å². The molecule has 3 aromatic rings. The maximum Gasteiger partial charge on any atom is 0.230 e. The van der Waals surface area contributed by atoms with Gasteiger partial charge in [0.05, 0.1) is 11.8 Å². The van der Waals surface area contributed by atoms with Crippen LogP contribution in [0.1, 0.15) is 22.7 Å². The molecule has 0 saturated heterocycles. The van der Waals surface area contributed by atoms with Crippen LogP contribution < -0.4 is 10.6 Å². The smallest absolute Gasteiger partial charge is 0.230 e. The SMILES string of the molecule is CC(NC(=O)CSc1nnc(NCCc2cccs2)s1)c1cccs1. The minimum absolute atomic E-state index is 0.00769. The number of aromatic nitrogens is 2. The first-order chi connectivity index (χ1) is 12.2. The number of carbonyl (C=O) groups is 1. The molecule has 2 N–H and O–H groups in total. The number of thiophene rings is 2. The van der Waals surface area contributed by atoms with E-state index in [4.69, 9.17) is 0 Å². The minimum atomic E-state index is 0.00769. The van der Waals surface area contributed by atoms with Crippen molar-refractivity contribution in [2.75, 3.05) is 17.6 Å². The number of nitrogens with one attached hydrogen (secondary N) is 2. The van der Waals surface area contributed by atoms with Gasteiger partial charge in [-0.15, -0.1) is 32.9 Å². The summed E-state index contributed by atoms with van der Waals surface area (Å²) in [4.78, 5) is 14.6. The predicted octanol–water partition coefficient (Wildman–Crippen LogP) is 4.29. The lowest BCUT2D eigenvalue weighted by atomic mass is 10.3. The Balaban J connectivity index is 1.38. The summed E-state index contributed by atoms with van der Waals surface area (Å²) in [6.07, 6.45) is 0.975. The number of hydrogen-bond acceptors (Lipinski definition) is 8. The molecule has 25 heavy (non-hydrogen) atoms. The van der Waals surface area contributed by atoms with Crippen LogP contribution in [-0.4, -0.2) is 28.4 Å². The number of rotatable bonds is 9. The lowest BCUT2D eigenvalue weighted by Crippen LogP contribution is -2.27. The van der Waals surface area contributed by atoms with E-state index in [9.17, 15) is 4.79 Å². The molecular formula is C16H18N4OS4. The highest BCUT2D eigenvalue weighted by molar-refractivity contribution is 8.01. The molecule has 1 atom stereocenters. The Morgan fingerprint density at radius 2 is 2.08 bits per heavy atom. The van der Waals surface area contributed by atoms with E-state index in [0.717, 1.165) is 27.3 Å². The molecule has 132 valence electrons. The van der Waals surface area contributed by atoms with Crippen LogP contribution in [0.25, 0.3) is 0 Å². The van der Waals surface area contributed by atoms with Gasteiger partial charge in [-0.25, -0.2) is 0 Å². The fourth-order valence-corrected chi connectivity index (χ4v) is 5.14. The third-order valence-corrected chi connectivity index (χ3v) is 7.31. The number of amides is 1. The molecule has 3 heterocycles. The third-order valence-electron chi connectivity index (χ3n) is 3.31. The summed E-state index contributed by atoms with van der Waals surface area (Å²) in [5.41, 5.74) is 0. The van der Waals surface area contributed by atoms with Crippen LogP contribution >= 0.6 is 45.8 Å². The Bertz CT molecular complexity index is 770. The van der Waals surface area contributed by atoms with Crippen molar-refractivity contribution in [3.05, 3.63) is 44.8 Å². The highest BCUT2D eigenvalue weighted by atomic mass is 32.2. The summed E-state index contributed by atoms with van der Waals surface area (Å²) in [7, 11) is 0. The number of thioether (sulfide) groups is 1. The zero-order valence-corrected chi connectivity index (χ0v) is 16.9. The fraction of sp³-hybridized carbons (Fsp3) is 0.312. The molecular weight excluding hydrogens is 392 g/mol. The van der Waals surface area contributed by atoms with Crippen molar-refractivity contribution in [2.45, 2.75) is 23.7 Å².